The molecule has 5 heteroatoms. The molecule has 0 aliphatic carbocycles. The second-order valence-corrected chi connectivity index (χ2v) is 7.06. The molecular weight excluding hydrogens is 322 g/mol. The van der Waals surface area contributed by atoms with Crippen LogP contribution in [0.1, 0.15) is 43.7 Å². The van der Waals surface area contributed by atoms with E-state index in [1.54, 1.807) is 0 Å². The van der Waals surface area contributed by atoms with Crippen LogP contribution in [0.5, 0.6) is 0 Å². The van der Waals surface area contributed by atoms with E-state index in [0.29, 0.717) is 17.4 Å². The van der Waals surface area contributed by atoms with Crippen molar-refractivity contribution in [3.63, 3.8) is 0 Å². The second kappa shape index (κ2) is 8.57. The summed E-state index contributed by atoms with van der Waals surface area (Å²) in [5.41, 5.74) is 5.50. The number of carbonyl (C=O) groups is 2. The summed E-state index contributed by atoms with van der Waals surface area (Å²) >= 11 is 1.23. The van der Waals surface area contributed by atoms with Gasteiger partial charge in [0.2, 0.25) is 5.91 Å². The number of hydrogen-bond acceptors (Lipinski definition) is 4. The van der Waals surface area contributed by atoms with Crippen LogP contribution in [0.15, 0.2) is 47.2 Å². The smallest absolute Gasteiger partial charge is 0.238 e. The molecule has 2 rings (SSSR count). The topological polar surface area (TPSA) is 69.2 Å². The van der Waals surface area contributed by atoms with Crippen molar-refractivity contribution in [2.24, 2.45) is 0 Å². The first kappa shape index (κ1) is 18.1. The highest BCUT2D eigenvalue weighted by Gasteiger charge is 2.28. The normalized spacial score (nSPS) is 18.4. The van der Waals surface area contributed by atoms with Crippen molar-refractivity contribution in [3.05, 3.63) is 58.3 Å². The van der Waals surface area contributed by atoms with Crippen LogP contribution in [0.2, 0.25) is 0 Å². The van der Waals surface area contributed by atoms with Gasteiger partial charge in [0, 0.05) is 12.4 Å². The number of benzene rings is 1. The van der Waals surface area contributed by atoms with Crippen molar-refractivity contribution in [2.75, 3.05) is 0 Å². The lowest BCUT2D eigenvalue weighted by atomic mass is 10.0. The Bertz CT molecular complexity index is 698. The van der Waals surface area contributed by atoms with E-state index in [2.05, 4.69) is 49.2 Å². The summed E-state index contributed by atoms with van der Waals surface area (Å²) in [7, 11) is 0. The van der Waals surface area contributed by atoms with Crippen molar-refractivity contribution in [2.45, 2.75) is 37.9 Å². The van der Waals surface area contributed by atoms with Crippen LogP contribution in [0.4, 0.5) is 0 Å². The minimum atomic E-state index is -1.21. The quantitative estimate of drug-likeness (QED) is 0.807. The van der Waals surface area contributed by atoms with Crippen LogP contribution in [-0.2, 0) is 9.59 Å². The molecule has 1 N–H and O–H groups in total. The summed E-state index contributed by atoms with van der Waals surface area (Å²) in [4.78, 5) is 22.1. The van der Waals surface area contributed by atoms with E-state index in [1.165, 1.54) is 17.3 Å². The van der Waals surface area contributed by atoms with E-state index in [-0.39, 0.29) is 12.3 Å². The van der Waals surface area contributed by atoms with E-state index in [4.69, 9.17) is 0 Å². The van der Waals surface area contributed by atoms with E-state index in [9.17, 15) is 14.7 Å². The van der Waals surface area contributed by atoms with Gasteiger partial charge in [-0.1, -0.05) is 49.9 Å². The Labute approximate surface area is 146 Å². The lowest BCUT2D eigenvalue weighted by Crippen LogP contribution is -2.30. The van der Waals surface area contributed by atoms with Gasteiger partial charge in [-0.2, -0.15) is 0 Å². The summed E-state index contributed by atoms with van der Waals surface area (Å²) in [6.07, 6.45) is 5.96. The number of amides is 1. The molecule has 0 saturated carbocycles. The third-order valence-electron chi connectivity index (χ3n) is 3.55. The molecule has 1 aromatic carbocycles. The van der Waals surface area contributed by atoms with Crippen molar-refractivity contribution in [3.8, 4) is 0 Å². The van der Waals surface area contributed by atoms with Gasteiger partial charge in [0.25, 0.3) is 0 Å². The van der Waals surface area contributed by atoms with Crippen LogP contribution in [0.3, 0.4) is 0 Å². The van der Waals surface area contributed by atoms with Crippen molar-refractivity contribution in [1.29, 1.82) is 0 Å². The number of nitrogens with one attached hydrogen (secondary N) is 1. The summed E-state index contributed by atoms with van der Waals surface area (Å²) in [5.74, 6) is -0.972. The number of hydrogen-bond donors (Lipinski definition) is 1. The zero-order chi connectivity index (χ0) is 17.5. The predicted molar refractivity (Wildman–Crippen MR) is 94.9 cm³/mol. The van der Waals surface area contributed by atoms with Crippen molar-refractivity contribution >= 4 is 29.7 Å². The number of carbonyl (C=O) groups excluding carboxylic acids is 2. The lowest BCUT2D eigenvalue weighted by molar-refractivity contribution is -0.305. The zero-order valence-electron chi connectivity index (χ0n) is 13.7. The molecule has 4 nitrogen and oxygen atoms in total. The fraction of sp³-hybridized carbons (Fsp3) is 0.316. The predicted octanol–water partition coefficient (Wildman–Crippen LogP) is 2.58. The molecule has 1 aromatic rings. The summed E-state index contributed by atoms with van der Waals surface area (Å²) in [6.45, 7) is 4.32. The second-order valence-electron chi connectivity index (χ2n) is 5.81. The van der Waals surface area contributed by atoms with Crippen molar-refractivity contribution < 1.29 is 14.7 Å². The van der Waals surface area contributed by atoms with Gasteiger partial charge in [0.15, 0.2) is 0 Å². The minimum Gasteiger partial charge on any atom is -0.550 e. The van der Waals surface area contributed by atoms with Gasteiger partial charge in [-0.25, -0.2) is 0 Å². The van der Waals surface area contributed by atoms with E-state index >= 15 is 0 Å². The van der Waals surface area contributed by atoms with Gasteiger partial charge in [-0.3, -0.25) is 4.79 Å². The third-order valence-corrected chi connectivity index (χ3v) is 4.74. The third kappa shape index (κ3) is 5.44. The molecule has 1 heterocycles. The number of carboxylic acid groups (broad SMARTS) is 1. The first-order valence-electron chi connectivity index (χ1n) is 7.84. The Morgan fingerprint density at radius 3 is 2.71 bits per heavy atom. The average Bonchev–Trinajstić information content (AvgIpc) is 2.86. The monoisotopic (exact) mass is 342 g/mol. The minimum absolute atomic E-state index is 0.268. The molecular formula is C19H20NO3S-. The van der Waals surface area contributed by atoms with Gasteiger partial charge in [-0.05, 0) is 41.7 Å². The molecule has 126 valence electrons. The highest BCUT2D eigenvalue weighted by molar-refractivity contribution is 8.04. The Kier molecular flexibility index (Phi) is 6.47. The SMILES string of the molecule is CC(C)c1ccc(C=C=CC/C=C2\NC(=O)C(CC(=O)[O-])S2)cc1. The van der Waals surface area contributed by atoms with Gasteiger partial charge in [-0.15, -0.1) is 5.73 Å². The molecule has 1 amide bonds. The lowest BCUT2D eigenvalue weighted by Gasteiger charge is -2.04. The fourth-order valence-electron chi connectivity index (χ4n) is 2.19. The molecule has 1 fully saturated rings. The molecule has 1 unspecified atom stereocenters. The maximum absolute atomic E-state index is 11.6. The largest absolute Gasteiger partial charge is 0.550 e. The number of aliphatic carboxylic acids is 1. The van der Waals surface area contributed by atoms with Crippen LogP contribution in [-0.4, -0.2) is 17.1 Å². The molecule has 0 spiro atoms. The van der Waals surface area contributed by atoms with E-state index in [1.807, 2.05) is 18.2 Å². The van der Waals surface area contributed by atoms with Crippen LogP contribution in [0, 0.1) is 0 Å². The standard InChI is InChI=1S/C19H21NO3S/c1-13(2)15-10-8-14(9-11-15)6-4-3-5-7-17-20-19(23)16(24-17)12-18(21)22/h3,6-11,13,16H,5,12H2,1-2H3,(H,20,23)(H,21,22)/p-1/b17-7+. The van der Waals surface area contributed by atoms with Gasteiger partial charge >= 0.3 is 0 Å². The number of carboxylic acids is 1. The average molecular weight is 342 g/mol. The van der Waals surface area contributed by atoms with E-state index in [0.717, 1.165) is 5.56 Å². The van der Waals surface area contributed by atoms with Gasteiger partial charge < -0.3 is 15.2 Å². The molecule has 1 saturated heterocycles. The maximum atomic E-state index is 11.6. The van der Waals surface area contributed by atoms with Crippen LogP contribution >= 0.6 is 11.8 Å². The Morgan fingerprint density at radius 2 is 2.08 bits per heavy atom. The van der Waals surface area contributed by atoms with Crippen molar-refractivity contribution in [1.82, 2.24) is 5.32 Å². The number of thioether (sulfide) groups is 1. The molecule has 1 aliphatic heterocycles. The van der Waals surface area contributed by atoms with Crippen LogP contribution in [0.25, 0.3) is 6.08 Å². The highest BCUT2D eigenvalue weighted by atomic mass is 32.2. The Hall–Kier alpha value is -2.23. The first-order chi connectivity index (χ1) is 11.5. The fourth-order valence-corrected chi connectivity index (χ4v) is 3.23. The summed E-state index contributed by atoms with van der Waals surface area (Å²) < 4.78 is 0. The number of rotatable bonds is 6. The molecule has 0 bridgehead atoms. The zero-order valence-corrected chi connectivity index (χ0v) is 14.6. The number of allylic oxidation sites excluding steroid dienone is 2. The summed E-state index contributed by atoms with van der Waals surface area (Å²) in [6, 6.07) is 8.35. The maximum Gasteiger partial charge on any atom is 0.238 e. The molecule has 24 heavy (non-hydrogen) atoms. The Morgan fingerprint density at radius 1 is 1.38 bits per heavy atom. The first-order valence-corrected chi connectivity index (χ1v) is 8.72. The summed E-state index contributed by atoms with van der Waals surface area (Å²) in [5, 5.41) is 13.3. The van der Waals surface area contributed by atoms with Crippen LogP contribution < -0.4 is 10.4 Å². The van der Waals surface area contributed by atoms with Gasteiger partial charge in [0.1, 0.15) is 0 Å². The molecule has 0 radical (unpaired) electrons. The Balaban J connectivity index is 1.88. The molecule has 0 aromatic heterocycles. The highest BCUT2D eigenvalue weighted by Crippen LogP contribution is 2.29. The molecule has 1 atom stereocenters. The molecule has 1 aliphatic rings. The van der Waals surface area contributed by atoms with E-state index < -0.39 is 11.2 Å². The van der Waals surface area contributed by atoms with Gasteiger partial charge in [0.05, 0.1) is 10.3 Å².